The van der Waals surface area contributed by atoms with Crippen LogP contribution in [0.1, 0.15) is 56.7 Å². The van der Waals surface area contributed by atoms with Crippen LogP contribution in [0.5, 0.6) is 0 Å². The van der Waals surface area contributed by atoms with Crippen LogP contribution in [0.15, 0.2) is 4.52 Å². The fourth-order valence-corrected chi connectivity index (χ4v) is 3.50. The van der Waals surface area contributed by atoms with Gasteiger partial charge in [0, 0.05) is 19.6 Å². The van der Waals surface area contributed by atoms with E-state index in [0.29, 0.717) is 11.7 Å². The first kappa shape index (κ1) is 15.3. The third kappa shape index (κ3) is 3.76. The van der Waals surface area contributed by atoms with Gasteiger partial charge in [-0.3, -0.25) is 0 Å². The molecule has 122 valence electrons. The summed E-state index contributed by atoms with van der Waals surface area (Å²) in [5.74, 6) is 0.990. The van der Waals surface area contributed by atoms with Gasteiger partial charge in [0.25, 0.3) is 0 Å². The van der Waals surface area contributed by atoms with Crippen molar-refractivity contribution in [2.75, 3.05) is 6.61 Å². The highest BCUT2D eigenvalue weighted by atomic mass is 16.5. The van der Waals surface area contributed by atoms with Crippen LogP contribution in [0.4, 0.5) is 4.79 Å². The van der Waals surface area contributed by atoms with Gasteiger partial charge in [-0.25, -0.2) is 4.79 Å². The summed E-state index contributed by atoms with van der Waals surface area (Å²) in [4.78, 5) is 16.1. The van der Waals surface area contributed by atoms with Gasteiger partial charge in [-0.2, -0.15) is 4.98 Å². The molecule has 2 amide bonds. The molecule has 2 fully saturated rings. The Morgan fingerprint density at radius 2 is 2.18 bits per heavy atom. The van der Waals surface area contributed by atoms with Gasteiger partial charge < -0.3 is 19.9 Å². The average molecular weight is 308 g/mol. The summed E-state index contributed by atoms with van der Waals surface area (Å²) in [6.07, 6.45) is 7.79. The summed E-state index contributed by atoms with van der Waals surface area (Å²) in [5, 5.41) is 9.58. The van der Waals surface area contributed by atoms with Gasteiger partial charge in [0.1, 0.15) is 0 Å². The topological polar surface area (TPSA) is 89.3 Å². The van der Waals surface area contributed by atoms with Crippen LogP contribution in [-0.2, 0) is 11.3 Å². The number of amides is 2. The predicted octanol–water partition coefficient (Wildman–Crippen LogP) is 2.06. The zero-order chi connectivity index (χ0) is 15.4. The Balaban J connectivity index is 1.46. The van der Waals surface area contributed by atoms with E-state index in [1.165, 1.54) is 19.3 Å². The number of nitrogens with zero attached hydrogens (tertiary/aromatic N) is 2. The van der Waals surface area contributed by atoms with Crippen molar-refractivity contribution in [2.45, 2.75) is 70.1 Å². The van der Waals surface area contributed by atoms with E-state index in [1.807, 2.05) is 0 Å². The summed E-state index contributed by atoms with van der Waals surface area (Å²) < 4.78 is 10.9. The third-order valence-corrected chi connectivity index (χ3v) is 4.57. The lowest BCUT2D eigenvalue weighted by Gasteiger charge is -2.43. The van der Waals surface area contributed by atoms with E-state index in [0.717, 1.165) is 32.3 Å². The molecule has 1 saturated heterocycles. The van der Waals surface area contributed by atoms with Crippen LogP contribution >= 0.6 is 0 Å². The highest BCUT2D eigenvalue weighted by Crippen LogP contribution is 2.38. The van der Waals surface area contributed by atoms with Gasteiger partial charge in [-0.1, -0.05) is 24.4 Å². The Labute approximate surface area is 130 Å². The number of carbonyl (C=O) groups excluding carboxylic acids is 1. The third-order valence-electron chi connectivity index (χ3n) is 4.57. The summed E-state index contributed by atoms with van der Waals surface area (Å²) in [5.41, 5.74) is -0.000766. The molecule has 1 aromatic heterocycles. The minimum absolute atomic E-state index is 0.000766. The molecular formula is C15H24N4O3. The van der Waals surface area contributed by atoms with E-state index < -0.39 is 0 Å². The molecule has 2 N–H and O–H groups in total. The number of urea groups is 1. The molecule has 3 rings (SSSR count). The number of hydrogen-bond donors (Lipinski definition) is 2. The summed E-state index contributed by atoms with van der Waals surface area (Å²) >= 11 is 0. The average Bonchev–Trinajstić information content (AvgIpc) is 2.92. The van der Waals surface area contributed by atoms with Crippen molar-refractivity contribution in [3.05, 3.63) is 11.7 Å². The van der Waals surface area contributed by atoms with E-state index in [2.05, 4.69) is 20.8 Å². The normalized spacial score (nSPS) is 24.1. The molecule has 1 spiro atoms. The lowest BCUT2D eigenvalue weighted by molar-refractivity contribution is -0.107. The van der Waals surface area contributed by atoms with Crippen molar-refractivity contribution in [3.8, 4) is 0 Å². The standard InChI is InChI=1S/C15H24N4O3/c1-11-17-13(19-22-11)10-16-14(20)18-12-5-8-21-15(9-12)6-3-2-4-7-15/h12H,2-10H2,1H3,(H2,16,18,20)/t12-/m0/s1. The van der Waals surface area contributed by atoms with Gasteiger partial charge in [0.2, 0.25) is 5.89 Å². The SMILES string of the molecule is Cc1nc(CNC(=O)N[C@H]2CCOC3(CCCCC3)C2)no1. The number of carbonyl (C=O) groups is 1. The highest BCUT2D eigenvalue weighted by molar-refractivity contribution is 5.74. The molecule has 1 aliphatic heterocycles. The van der Waals surface area contributed by atoms with Gasteiger partial charge in [-0.05, 0) is 25.7 Å². The zero-order valence-electron chi connectivity index (χ0n) is 13.1. The lowest BCUT2D eigenvalue weighted by Crippen LogP contribution is -2.51. The second-order valence-corrected chi connectivity index (χ2v) is 6.34. The molecule has 2 heterocycles. The largest absolute Gasteiger partial charge is 0.375 e. The summed E-state index contributed by atoms with van der Waals surface area (Å²) in [6.45, 7) is 2.73. The molecule has 7 heteroatoms. The lowest BCUT2D eigenvalue weighted by atomic mass is 9.78. The molecule has 22 heavy (non-hydrogen) atoms. The van der Waals surface area contributed by atoms with Crippen molar-refractivity contribution in [1.29, 1.82) is 0 Å². The minimum atomic E-state index is -0.180. The van der Waals surface area contributed by atoms with Crippen molar-refractivity contribution in [1.82, 2.24) is 20.8 Å². The molecule has 1 aliphatic carbocycles. The monoisotopic (exact) mass is 308 g/mol. The number of aromatic nitrogens is 2. The first-order valence-electron chi connectivity index (χ1n) is 8.13. The van der Waals surface area contributed by atoms with Crippen LogP contribution in [0.3, 0.4) is 0 Å². The smallest absolute Gasteiger partial charge is 0.315 e. The summed E-state index contributed by atoms with van der Waals surface area (Å²) in [6, 6.07) is -0.000772. The minimum Gasteiger partial charge on any atom is -0.375 e. The van der Waals surface area contributed by atoms with Crippen molar-refractivity contribution in [3.63, 3.8) is 0 Å². The van der Waals surface area contributed by atoms with Gasteiger partial charge in [0.05, 0.1) is 12.1 Å². The van der Waals surface area contributed by atoms with Gasteiger partial charge >= 0.3 is 6.03 Å². The second kappa shape index (κ2) is 6.64. The number of ether oxygens (including phenoxy) is 1. The van der Waals surface area contributed by atoms with Crippen LogP contribution in [0.2, 0.25) is 0 Å². The number of hydrogen-bond acceptors (Lipinski definition) is 5. The molecular weight excluding hydrogens is 284 g/mol. The Kier molecular flexibility index (Phi) is 4.61. The Bertz CT molecular complexity index is 505. The number of nitrogens with one attached hydrogen (secondary N) is 2. The van der Waals surface area contributed by atoms with E-state index in [9.17, 15) is 4.79 Å². The molecule has 2 aliphatic rings. The van der Waals surface area contributed by atoms with Gasteiger partial charge in [-0.15, -0.1) is 0 Å². The maximum Gasteiger partial charge on any atom is 0.315 e. The molecule has 0 unspecified atom stereocenters. The first-order valence-corrected chi connectivity index (χ1v) is 8.13. The van der Waals surface area contributed by atoms with E-state index in [-0.39, 0.29) is 24.2 Å². The van der Waals surface area contributed by atoms with E-state index >= 15 is 0 Å². The van der Waals surface area contributed by atoms with Crippen LogP contribution < -0.4 is 10.6 Å². The number of rotatable bonds is 3. The van der Waals surface area contributed by atoms with E-state index in [4.69, 9.17) is 9.26 Å². The molecule has 0 aromatic carbocycles. The highest BCUT2D eigenvalue weighted by Gasteiger charge is 2.38. The van der Waals surface area contributed by atoms with Crippen LogP contribution in [-0.4, -0.2) is 34.4 Å². The fraction of sp³-hybridized carbons (Fsp3) is 0.800. The number of aryl methyl sites for hydroxylation is 1. The maximum absolute atomic E-state index is 12.0. The van der Waals surface area contributed by atoms with Crippen LogP contribution in [0.25, 0.3) is 0 Å². The van der Waals surface area contributed by atoms with Gasteiger partial charge in [0.15, 0.2) is 5.82 Å². The Morgan fingerprint density at radius 3 is 2.91 bits per heavy atom. The second-order valence-electron chi connectivity index (χ2n) is 6.34. The Hall–Kier alpha value is -1.63. The molecule has 0 radical (unpaired) electrons. The van der Waals surface area contributed by atoms with Crippen molar-refractivity contribution in [2.24, 2.45) is 0 Å². The zero-order valence-corrected chi connectivity index (χ0v) is 13.1. The predicted molar refractivity (Wildman–Crippen MR) is 79.2 cm³/mol. The maximum atomic E-state index is 12.0. The molecule has 7 nitrogen and oxygen atoms in total. The van der Waals surface area contributed by atoms with Crippen LogP contribution in [0, 0.1) is 6.92 Å². The fourth-order valence-electron chi connectivity index (χ4n) is 3.50. The quantitative estimate of drug-likeness (QED) is 0.892. The molecule has 1 saturated carbocycles. The molecule has 1 atom stereocenters. The van der Waals surface area contributed by atoms with Crippen molar-refractivity contribution < 1.29 is 14.1 Å². The van der Waals surface area contributed by atoms with Crippen molar-refractivity contribution >= 4 is 6.03 Å². The Morgan fingerprint density at radius 1 is 1.36 bits per heavy atom. The first-order chi connectivity index (χ1) is 10.7. The van der Waals surface area contributed by atoms with E-state index in [1.54, 1.807) is 6.92 Å². The molecule has 0 bridgehead atoms. The summed E-state index contributed by atoms with van der Waals surface area (Å²) in [7, 11) is 0. The molecule has 1 aromatic rings.